The van der Waals surface area contributed by atoms with E-state index in [1.165, 1.54) is 24.3 Å². The lowest BCUT2D eigenvalue weighted by atomic mass is 10.0. The van der Waals surface area contributed by atoms with Gasteiger partial charge in [-0.1, -0.05) is 24.6 Å². The summed E-state index contributed by atoms with van der Waals surface area (Å²) in [5.41, 5.74) is 1.09. The summed E-state index contributed by atoms with van der Waals surface area (Å²) in [5.74, 6) is -0.911. The van der Waals surface area contributed by atoms with Crippen LogP contribution in [0.5, 0.6) is 0 Å². The Labute approximate surface area is 182 Å². The summed E-state index contributed by atoms with van der Waals surface area (Å²) in [6.07, 6.45) is 5.20. The summed E-state index contributed by atoms with van der Waals surface area (Å²) >= 11 is 5.82. The molecule has 0 saturated heterocycles. The van der Waals surface area contributed by atoms with Crippen molar-refractivity contribution in [3.63, 3.8) is 0 Å². The lowest BCUT2D eigenvalue weighted by Crippen LogP contribution is -2.39. The van der Waals surface area contributed by atoms with Gasteiger partial charge in [0.1, 0.15) is 6.23 Å². The third-order valence-electron chi connectivity index (χ3n) is 4.53. The highest BCUT2D eigenvalue weighted by Gasteiger charge is 2.23. The first-order valence-corrected chi connectivity index (χ1v) is 11.7. The topological polar surface area (TPSA) is 106 Å². The third-order valence-corrected chi connectivity index (χ3v) is 6.25. The number of aryl methyl sites for hydroxylation is 1. The fourth-order valence-corrected chi connectivity index (χ4v) is 4.26. The third kappa shape index (κ3) is 8.39. The van der Waals surface area contributed by atoms with Crippen molar-refractivity contribution in [1.29, 1.82) is 0 Å². The van der Waals surface area contributed by atoms with E-state index < -0.39 is 22.2 Å². The number of hydrogen-bond acceptors (Lipinski definition) is 5. The van der Waals surface area contributed by atoms with Crippen molar-refractivity contribution in [3.8, 4) is 0 Å². The zero-order valence-electron chi connectivity index (χ0n) is 16.8. The molecule has 1 aromatic carbocycles. The minimum atomic E-state index is -3.79. The molecule has 2 rings (SSSR count). The first kappa shape index (κ1) is 24.3. The molecular formula is C21H27ClN2O5S. The minimum Gasteiger partial charge on any atom is -0.481 e. The monoisotopic (exact) mass is 454 g/mol. The summed E-state index contributed by atoms with van der Waals surface area (Å²) in [7, 11) is -3.79. The molecule has 1 heterocycles. The average Bonchev–Trinajstić information content (AvgIpc) is 2.72. The summed E-state index contributed by atoms with van der Waals surface area (Å²) in [5, 5.41) is 9.47. The Kier molecular flexibility index (Phi) is 9.71. The molecule has 2 unspecified atom stereocenters. The number of halogens is 1. The van der Waals surface area contributed by atoms with E-state index >= 15 is 0 Å². The van der Waals surface area contributed by atoms with Gasteiger partial charge in [0.15, 0.2) is 0 Å². The Morgan fingerprint density at radius 1 is 1.23 bits per heavy atom. The Morgan fingerprint density at radius 2 is 1.97 bits per heavy atom. The number of benzene rings is 1. The highest BCUT2D eigenvalue weighted by Crippen LogP contribution is 2.18. The number of nitrogens with zero attached hydrogens (tertiary/aromatic N) is 1. The first-order chi connectivity index (χ1) is 14.3. The van der Waals surface area contributed by atoms with Crippen LogP contribution in [0.25, 0.3) is 0 Å². The molecule has 2 N–H and O–H groups in total. The number of aliphatic carboxylic acids is 1. The van der Waals surface area contributed by atoms with Crippen molar-refractivity contribution in [2.24, 2.45) is 0 Å². The van der Waals surface area contributed by atoms with Gasteiger partial charge in [-0.25, -0.2) is 8.42 Å². The SMILES string of the molecule is CCC(NS(=O)(=O)c1ccc(Cl)cc1)OC(CCCc1cccnc1)CCC(=O)O. The van der Waals surface area contributed by atoms with Gasteiger partial charge in [-0.3, -0.25) is 9.78 Å². The van der Waals surface area contributed by atoms with E-state index in [2.05, 4.69) is 9.71 Å². The van der Waals surface area contributed by atoms with Crippen LogP contribution >= 0.6 is 11.6 Å². The molecule has 0 bridgehead atoms. The molecule has 164 valence electrons. The standard InChI is InChI=1S/C21H27ClN2O5S/c1-2-20(24-30(27,28)19-11-8-17(22)9-12-19)29-18(10-13-21(25)26)7-3-5-16-6-4-14-23-15-16/h4,6,8-9,11-12,14-15,18,20,24H,2-3,5,7,10,13H2,1H3,(H,25,26). The zero-order valence-corrected chi connectivity index (χ0v) is 18.4. The van der Waals surface area contributed by atoms with Crippen molar-refractivity contribution >= 4 is 27.6 Å². The molecule has 0 aliphatic carbocycles. The summed E-state index contributed by atoms with van der Waals surface area (Å²) in [4.78, 5) is 15.2. The van der Waals surface area contributed by atoms with Crippen LogP contribution in [0.15, 0.2) is 53.7 Å². The number of nitrogens with one attached hydrogen (secondary N) is 1. The number of aromatic nitrogens is 1. The number of rotatable bonds is 13. The molecule has 0 aliphatic heterocycles. The maximum atomic E-state index is 12.6. The Bertz CT molecular complexity index is 891. The van der Waals surface area contributed by atoms with Crippen LogP contribution < -0.4 is 4.72 Å². The molecule has 30 heavy (non-hydrogen) atoms. The fourth-order valence-electron chi connectivity index (χ4n) is 2.94. The summed E-state index contributed by atoms with van der Waals surface area (Å²) < 4.78 is 33.8. The van der Waals surface area contributed by atoms with Gasteiger partial charge in [0.25, 0.3) is 0 Å². The van der Waals surface area contributed by atoms with Gasteiger partial charge >= 0.3 is 5.97 Å². The molecule has 7 nitrogen and oxygen atoms in total. The lowest BCUT2D eigenvalue weighted by molar-refractivity contribution is -0.138. The van der Waals surface area contributed by atoms with E-state index in [1.807, 2.05) is 12.1 Å². The molecule has 0 aliphatic rings. The predicted molar refractivity (Wildman–Crippen MR) is 115 cm³/mol. The van der Waals surface area contributed by atoms with E-state index in [4.69, 9.17) is 21.4 Å². The quantitative estimate of drug-likeness (QED) is 0.443. The number of pyridine rings is 1. The smallest absolute Gasteiger partial charge is 0.303 e. The molecule has 2 aromatic rings. The normalized spacial score (nSPS) is 13.7. The van der Waals surface area contributed by atoms with E-state index in [9.17, 15) is 13.2 Å². The summed E-state index contributed by atoms with van der Waals surface area (Å²) in [6, 6.07) is 9.71. The second-order valence-electron chi connectivity index (χ2n) is 6.92. The van der Waals surface area contributed by atoms with E-state index in [1.54, 1.807) is 19.3 Å². The minimum absolute atomic E-state index is 0.0437. The molecule has 9 heteroatoms. The second kappa shape index (κ2) is 12.0. The molecule has 2 atom stereocenters. The maximum absolute atomic E-state index is 12.6. The van der Waals surface area contributed by atoms with Crippen molar-refractivity contribution in [2.45, 2.75) is 62.7 Å². The van der Waals surface area contributed by atoms with E-state index in [0.717, 1.165) is 18.4 Å². The zero-order chi connectivity index (χ0) is 22.0. The molecule has 0 amide bonds. The highest BCUT2D eigenvalue weighted by atomic mass is 35.5. The molecule has 0 fully saturated rings. The van der Waals surface area contributed by atoms with Gasteiger partial charge in [-0.2, -0.15) is 4.72 Å². The second-order valence-corrected chi connectivity index (χ2v) is 9.07. The fraction of sp³-hybridized carbons (Fsp3) is 0.429. The van der Waals surface area contributed by atoms with Crippen LogP contribution in [0.1, 0.15) is 44.6 Å². The molecule has 0 spiro atoms. The Hall–Kier alpha value is -2.00. The number of carboxylic acids is 1. The van der Waals surface area contributed by atoms with Crippen molar-refractivity contribution in [1.82, 2.24) is 9.71 Å². The maximum Gasteiger partial charge on any atom is 0.303 e. The highest BCUT2D eigenvalue weighted by molar-refractivity contribution is 7.89. The van der Waals surface area contributed by atoms with Crippen LogP contribution in [-0.4, -0.2) is 36.8 Å². The number of carboxylic acid groups (broad SMARTS) is 1. The Morgan fingerprint density at radius 3 is 2.57 bits per heavy atom. The van der Waals surface area contributed by atoms with Crippen LogP contribution in [0, 0.1) is 0 Å². The Balaban J connectivity index is 1.99. The number of carbonyl (C=O) groups is 1. The first-order valence-electron chi connectivity index (χ1n) is 9.84. The predicted octanol–water partition coefficient (Wildman–Crippen LogP) is 4.02. The summed E-state index contributed by atoms with van der Waals surface area (Å²) in [6.45, 7) is 1.80. The van der Waals surface area contributed by atoms with Gasteiger partial charge in [-0.05, 0) is 68.0 Å². The largest absolute Gasteiger partial charge is 0.481 e. The molecule has 0 saturated carbocycles. The average molecular weight is 455 g/mol. The van der Waals surface area contributed by atoms with Crippen molar-refractivity contribution in [2.75, 3.05) is 0 Å². The number of sulfonamides is 1. The van der Waals surface area contributed by atoms with Gasteiger partial charge in [0, 0.05) is 23.8 Å². The van der Waals surface area contributed by atoms with Crippen LogP contribution in [-0.2, 0) is 26.0 Å². The molecular weight excluding hydrogens is 428 g/mol. The van der Waals surface area contributed by atoms with Gasteiger partial charge < -0.3 is 9.84 Å². The van der Waals surface area contributed by atoms with Crippen molar-refractivity contribution in [3.05, 3.63) is 59.4 Å². The van der Waals surface area contributed by atoms with Crippen LogP contribution in [0.2, 0.25) is 5.02 Å². The lowest BCUT2D eigenvalue weighted by Gasteiger charge is -2.25. The number of hydrogen-bond donors (Lipinski definition) is 2. The van der Waals surface area contributed by atoms with Crippen molar-refractivity contribution < 1.29 is 23.1 Å². The van der Waals surface area contributed by atoms with Crippen LogP contribution in [0.4, 0.5) is 0 Å². The number of ether oxygens (including phenoxy) is 1. The van der Waals surface area contributed by atoms with Gasteiger partial charge in [0.2, 0.25) is 10.0 Å². The van der Waals surface area contributed by atoms with E-state index in [0.29, 0.717) is 24.3 Å². The molecule has 1 aromatic heterocycles. The van der Waals surface area contributed by atoms with E-state index in [-0.39, 0.29) is 17.4 Å². The van der Waals surface area contributed by atoms with Crippen LogP contribution in [0.3, 0.4) is 0 Å². The van der Waals surface area contributed by atoms with Gasteiger partial charge in [0.05, 0.1) is 11.0 Å². The van der Waals surface area contributed by atoms with Gasteiger partial charge in [-0.15, -0.1) is 0 Å². The molecule has 0 radical (unpaired) electrons.